The predicted molar refractivity (Wildman–Crippen MR) is 69.4 cm³/mol. The van der Waals surface area contributed by atoms with Crippen LogP contribution in [0.5, 0.6) is 5.75 Å². The van der Waals surface area contributed by atoms with Crippen LogP contribution in [0.2, 0.25) is 0 Å². The molecule has 1 saturated carbocycles. The molecule has 3 rings (SSSR count). The molecule has 2 nitrogen and oxygen atoms in total. The Labute approximate surface area is 103 Å². The highest BCUT2D eigenvalue weighted by Crippen LogP contribution is 2.56. The minimum absolute atomic E-state index is 0.435. The van der Waals surface area contributed by atoms with Crippen LogP contribution in [0.4, 0.5) is 0 Å². The van der Waals surface area contributed by atoms with Crippen LogP contribution in [0.3, 0.4) is 0 Å². The molecule has 0 amide bonds. The summed E-state index contributed by atoms with van der Waals surface area (Å²) in [7, 11) is 2.07. The number of hydrogen-bond donors (Lipinski definition) is 1. The summed E-state index contributed by atoms with van der Waals surface area (Å²) in [6.07, 6.45) is 4.96. The summed E-state index contributed by atoms with van der Waals surface area (Å²) in [6, 6.07) is 7.06. The molecule has 1 unspecified atom stereocenters. The monoisotopic (exact) mass is 231 g/mol. The molecule has 1 aromatic carbocycles. The molecule has 1 aliphatic heterocycles. The van der Waals surface area contributed by atoms with Crippen LogP contribution < -0.4 is 10.1 Å². The van der Waals surface area contributed by atoms with Crippen molar-refractivity contribution in [3.63, 3.8) is 0 Å². The Kier molecular flexibility index (Phi) is 2.62. The Bertz CT molecular complexity index is 423. The van der Waals surface area contributed by atoms with E-state index in [1.165, 1.54) is 24.0 Å². The summed E-state index contributed by atoms with van der Waals surface area (Å²) in [5, 5.41) is 3.49. The van der Waals surface area contributed by atoms with Crippen molar-refractivity contribution in [3.05, 3.63) is 29.3 Å². The van der Waals surface area contributed by atoms with Gasteiger partial charge in [-0.2, -0.15) is 0 Å². The van der Waals surface area contributed by atoms with Gasteiger partial charge in [0, 0.05) is 11.6 Å². The van der Waals surface area contributed by atoms with E-state index in [0.717, 1.165) is 25.2 Å². The summed E-state index contributed by atoms with van der Waals surface area (Å²) >= 11 is 0. The number of aryl methyl sites for hydroxylation is 1. The molecule has 2 heteroatoms. The van der Waals surface area contributed by atoms with Crippen LogP contribution in [0.15, 0.2) is 18.2 Å². The van der Waals surface area contributed by atoms with E-state index in [1.807, 2.05) is 0 Å². The highest BCUT2D eigenvalue weighted by Gasteiger charge is 2.46. The maximum absolute atomic E-state index is 5.92. The van der Waals surface area contributed by atoms with Gasteiger partial charge in [-0.15, -0.1) is 0 Å². The average Bonchev–Trinajstić information content (AvgIpc) is 3.09. The topological polar surface area (TPSA) is 21.3 Å². The lowest BCUT2D eigenvalue weighted by atomic mass is 9.89. The molecule has 92 valence electrons. The third-order valence-electron chi connectivity index (χ3n) is 4.30. The highest BCUT2D eigenvalue weighted by atomic mass is 16.5. The maximum Gasteiger partial charge on any atom is 0.127 e. The summed E-state index contributed by atoms with van der Waals surface area (Å²) in [6.45, 7) is 3.24. The van der Waals surface area contributed by atoms with Crippen molar-refractivity contribution in [2.45, 2.75) is 38.6 Å². The first-order chi connectivity index (χ1) is 8.24. The van der Waals surface area contributed by atoms with Crippen molar-refractivity contribution < 1.29 is 4.74 Å². The van der Waals surface area contributed by atoms with Gasteiger partial charge < -0.3 is 10.1 Å². The van der Waals surface area contributed by atoms with Gasteiger partial charge in [-0.1, -0.05) is 25.1 Å². The van der Waals surface area contributed by atoms with Gasteiger partial charge >= 0.3 is 0 Å². The van der Waals surface area contributed by atoms with Crippen LogP contribution in [-0.4, -0.2) is 13.7 Å². The molecule has 1 atom stereocenters. The SMILES string of the molecule is CNC(c1cccc2c1OCCC2)C1(C)CC1. The van der Waals surface area contributed by atoms with Crippen LogP contribution in [0.1, 0.15) is 43.4 Å². The van der Waals surface area contributed by atoms with E-state index >= 15 is 0 Å². The van der Waals surface area contributed by atoms with Gasteiger partial charge in [0.15, 0.2) is 0 Å². The maximum atomic E-state index is 5.92. The lowest BCUT2D eigenvalue weighted by Crippen LogP contribution is -2.26. The fraction of sp³-hybridized carbons (Fsp3) is 0.600. The predicted octanol–water partition coefficient (Wildman–Crippen LogP) is 3.07. The van der Waals surface area contributed by atoms with Gasteiger partial charge in [0.05, 0.1) is 6.61 Å². The number of hydrogen-bond acceptors (Lipinski definition) is 2. The Hall–Kier alpha value is -1.02. The quantitative estimate of drug-likeness (QED) is 0.863. The third kappa shape index (κ3) is 1.85. The van der Waals surface area contributed by atoms with Gasteiger partial charge in [-0.3, -0.25) is 0 Å². The minimum Gasteiger partial charge on any atom is -0.493 e. The van der Waals surface area contributed by atoms with Crippen molar-refractivity contribution in [2.24, 2.45) is 5.41 Å². The largest absolute Gasteiger partial charge is 0.493 e. The molecule has 0 spiro atoms. The Morgan fingerprint density at radius 2 is 2.18 bits per heavy atom. The fourth-order valence-electron chi connectivity index (χ4n) is 3.01. The summed E-state index contributed by atoms with van der Waals surface area (Å²) < 4.78 is 5.92. The van der Waals surface area contributed by atoms with Gasteiger partial charge in [0.2, 0.25) is 0 Å². The summed E-state index contributed by atoms with van der Waals surface area (Å²) in [5.41, 5.74) is 3.19. The van der Waals surface area contributed by atoms with Crippen molar-refractivity contribution >= 4 is 0 Å². The Balaban J connectivity index is 2.01. The lowest BCUT2D eigenvalue weighted by Gasteiger charge is -2.28. The number of rotatable bonds is 3. The molecule has 0 bridgehead atoms. The third-order valence-corrected chi connectivity index (χ3v) is 4.30. The second-order valence-corrected chi connectivity index (χ2v) is 5.66. The number of ether oxygens (including phenoxy) is 1. The van der Waals surface area contributed by atoms with Crippen LogP contribution in [0, 0.1) is 5.41 Å². The number of fused-ring (bicyclic) bond motifs is 1. The molecule has 1 heterocycles. The van der Waals surface area contributed by atoms with Crippen LogP contribution in [-0.2, 0) is 6.42 Å². The molecule has 1 aromatic rings. The van der Waals surface area contributed by atoms with Crippen molar-refractivity contribution in [1.82, 2.24) is 5.32 Å². The average molecular weight is 231 g/mol. The van der Waals surface area contributed by atoms with Crippen molar-refractivity contribution in [3.8, 4) is 5.75 Å². The number of nitrogens with one attached hydrogen (secondary N) is 1. The van der Waals surface area contributed by atoms with Crippen molar-refractivity contribution in [1.29, 1.82) is 0 Å². The molecule has 2 aliphatic rings. The minimum atomic E-state index is 0.435. The first-order valence-electron chi connectivity index (χ1n) is 6.66. The molecule has 0 radical (unpaired) electrons. The second kappa shape index (κ2) is 4.02. The Morgan fingerprint density at radius 1 is 1.35 bits per heavy atom. The fourth-order valence-corrected chi connectivity index (χ4v) is 3.01. The molecular formula is C15H21NO. The molecule has 0 saturated heterocycles. The first kappa shape index (κ1) is 11.1. The van der Waals surface area contributed by atoms with Gasteiger partial charge in [-0.05, 0) is 43.7 Å². The molecule has 17 heavy (non-hydrogen) atoms. The summed E-state index contributed by atoms with van der Waals surface area (Å²) in [4.78, 5) is 0. The van der Waals surface area contributed by atoms with E-state index in [1.54, 1.807) is 0 Å². The zero-order chi connectivity index (χ0) is 11.9. The summed E-state index contributed by atoms with van der Waals surface area (Å²) in [5.74, 6) is 1.16. The van der Waals surface area contributed by atoms with Crippen LogP contribution >= 0.6 is 0 Å². The Morgan fingerprint density at radius 3 is 2.88 bits per heavy atom. The smallest absolute Gasteiger partial charge is 0.127 e. The van der Waals surface area contributed by atoms with E-state index < -0.39 is 0 Å². The zero-order valence-electron chi connectivity index (χ0n) is 10.8. The van der Waals surface area contributed by atoms with Gasteiger partial charge in [-0.25, -0.2) is 0 Å². The molecule has 1 N–H and O–H groups in total. The van der Waals surface area contributed by atoms with Crippen LogP contribution in [0.25, 0.3) is 0 Å². The van der Waals surface area contributed by atoms with E-state index in [4.69, 9.17) is 4.74 Å². The number of benzene rings is 1. The van der Waals surface area contributed by atoms with Gasteiger partial charge in [0.25, 0.3) is 0 Å². The van der Waals surface area contributed by atoms with E-state index in [9.17, 15) is 0 Å². The second-order valence-electron chi connectivity index (χ2n) is 5.66. The standard InChI is InChI=1S/C15H21NO/c1-15(8-9-15)14(16-2)12-7-3-5-11-6-4-10-17-13(11)12/h3,5,7,14,16H,4,6,8-10H2,1-2H3. The van der Waals surface area contributed by atoms with E-state index in [2.05, 4.69) is 37.5 Å². The molecule has 1 fully saturated rings. The van der Waals surface area contributed by atoms with Crippen molar-refractivity contribution in [2.75, 3.05) is 13.7 Å². The number of para-hydroxylation sites is 1. The normalized spacial score (nSPS) is 22.5. The van der Waals surface area contributed by atoms with E-state index in [-0.39, 0.29) is 0 Å². The first-order valence-corrected chi connectivity index (χ1v) is 6.66. The lowest BCUT2D eigenvalue weighted by molar-refractivity contribution is 0.275. The zero-order valence-corrected chi connectivity index (χ0v) is 10.8. The highest BCUT2D eigenvalue weighted by molar-refractivity contribution is 5.45. The van der Waals surface area contributed by atoms with Gasteiger partial charge in [0.1, 0.15) is 5.75 Å². The molecular weight excluding hydrogens is 210 g/mol. The molecule has 1 aliphatic carbocycles. The van der Waals surface area contributed by atoms with E-state index in [0.29, 0.717) is 11.5 Å². The molecule has 0 aromatic heterocycles.